The van der Waals surface area contributed by atoms with Crippen LogP contribution in [0.2, 0.25) is 0 Å². The van der Waals surface area contributed by atoms with Gasteiger partial charge in [0.05, 0.1) is 13.5 Å². The van der Waals surface area contributed by atoms with Crippen LogP contribution in [0.25, 0.3) is 0 Å². The molecule has 0 bridgehead atoms. The van der Waals surface area contributed by atoms with Gasteiger partial charge in [-0.25, -0.2) is 0 Å². The summed E-state index contributed by atoms with van der Waals surface area (Å²) in [5.74, 6) is -0.122. The second-order valence-corrected chi connectivity index (χ2v) is 3.76. The van der Waals surface area contributed by atoms with Crippen LogP contribution in [0.3, 0.4) is 0 Å². The van der Waals surface area contributed by atoms with Gasteiger partial charge in [-0.3, -0.25) is 9.69 Å². The average molecular weight is 212 g/mol. The zero-order chi connectivity index (χ0) is 11.1. The van der Waals surface area contributed by atoms with Crippen LogP contribution in [0.5, 0.6) is 0 Å². The highest BCUT2D eigenvalue weighted by Crippen LogP contribution is 2.02. The summed E-state index contributed by atoms with van der Waals surface area (Å²) < 4.78 is 4.61. The fourth-order valence-electron chi connectivity index (χ4n) is 1.73. The molecule has 0 aromatic rings. The molecule has 0 radical (unpaired) electrons. The third-order valence-electron chi connectivity index (χ3n) is 2.71. The minimum atomic E-state index is -0.122. The Morgan fingerprint density at radius 3 is 2.47 bits per heavy atom. The summed E-state index contributed by atoms with van der Waals surface area (Å²) in [5.41, 5.74) is 0. The van der Waals surface area contributed by atoms with Gasteiger partial charge in [-0.05, 0) is 0 Å². The standard InChI is InChI=1S/C11H20N2O2/c1-3-5-12-7-9-13(10-8-12)6-4-11(14)15-2/h3H,1,4-10H2,2H3. The van der Waals surface area contributed by atoms with Gasteiger partial charge in [-0.15, -0.1) is 6.58 Å². The van der Waals surface area contributed by atoms with E-state index in [2.05, 4.69) is 21.1 Å². The van der Waals surface area contributed by atoms with Crippen molar-refractivity contribution in [2.75, 3.05) is 46.4 Å². The van der Waals surface area contributed by atoms with Crippen molar-refractivity contribution in [3.05, 3.63) is 12.7 Å². The van der Waals surface area contributed by atoms with Crippen molar-refractivity contribution in [1.29, 1.82) is 0 Å². The normalized spacial score (nSPS) is 18.7. The summed E-state index contributed by atoms with van der Waals surface area (Å²) in [7, 11) is 1.43. The van der Waals surface area contributed by atoms with Crippen LogP contribution in [0.4, 0.5) is 0 Å². The summed E-state index contributed by atoms with van der Waals surface area (Å²) in [5, 5.41) is 0. The second kappa shape index (κ2) is 6.58. The Morgan fingerprint density at radius 2 is 1.93 bits per heavy atom. The molecule has 0 unspecified atom stereocenters. The van der Waals surface area contributed by atoms with Crippen molar-refractivity contribution in [3.8, 4) is 0 Å². The maximum atomic E-state index is 10.9. The van der Waals surface area contributed by atoms with Crippen LogP contribution < -0.4 is 0 Å². The highest BCUT2D eigenvalue weighted by molar-refractivity contribution is 5.69. The lowest BCUT2D eigenvalue weighted by molar-refractivity contribution is -0.141. The summed E-state index contributed by atoms with van der Waals surface area (Å²) in [6.07, 6.45) is 2.43. The number of nitrogens with zero attached hydrogens (tertiary/aromatic N) is 2. The number of esters is 1. The molecule has 0 aliphatic carbocycles. The molecule has 0 saturated carbocycles. The molecule has 1 aliphatic heterocycles. The zero-order valence-electron chi connectivity index (χ0n) is 9.45. The summed E-state index contributed by atoms with van der Waals surface area (Å²) in [6, 6.07) is 0. The Kier molecular flexibility index (Phi) is 5.36. The minimum absolute atomic E-state index is 0.122. The topological polar surface area (TPSA) is 32.8 Å². The van der Waals surface area contributed by atoms with Gasteiger partial charge in [0.25, 0.3) is 0 Å². The lowest BCUT2D eigenvalue weighted by Crippen LogP contribution is -2.46. The first-order valence-corrected chi connectivity index (χ1v) is 5.38. The number of rotatable bonds is 5. The van der Waals surface area contributed by atoms with Crippen molar-refractivity contribution in [1.82, 2.24) is 9.80 Å². The van der Waals surface area contributed by atoms with E-state index in [0.717, 1.165) is 39.3 Å². The summed E-state index contributed by atoms with van der Waals surface area (Å²) in [6.45, 7) is 9.70. The van der Waals surface area contributed by atoms with E-state index in [1.165, 1.54) is 7.11 Å². The van der Waals surface area contributed by atoms with Gasteiger partial charge in [0.1, 0.15) is 0 Å². The van der Waals surface area contributed by atoms with E-state index in [-0.39, 0.29) is 5.97 Å². The average Bonchev–Trinajstić information content (AvgIpc) is 2.28. The second-order valence-electron chi connectivity index (χ2n) is 3.76. The molecule has 0 aromatic carbocycles. The van der Waals surface area contributed by atoms with E-state index in [9.17, 15) is 4.79 Å². The van der Waals surface area contributed by atoms with E-state index in [0.29, 0.717) is 6.42 Å². The van der Waals surface area contributed by atoms with Gasteiger partial charge in [0, 0.05) is 39.3 Å². The van der Waals surface area contributed by atoms with E-state index >= 15 is 0 Å². The molecule has 0 amide bonds. The van der Waals surface area contributed by atoms with Crippen molar-refractivity contribution in [3.63, 3.8) is 0 Å². The maximum absolute atomic E-state index is 10.9. The van der Waals surface area contributed by atoms with E-state index in [4.69, 9.17) is 0 Å². The van der Waals surface area contributed by atoms with Crippen LogP contribution in [0.1, 0.15) is 6.42 Å². The first-order valence-electron chi connectivity index (χ1n) is 5.38. The molecule has 4 nitrogen and oxygen atoms in total. The van der Waals surface area contributed by atoms with Crippen molar-refractivity contribution < 1.29 is 9.53 Å². The van der Waals surface area contributed by atoms with Crippen molar-refractivity contribution in [2.45, 2.75) is 6.42 Å². The summed E-state index contributed by atoms with van der Waals surface area (Å²) >= 11 is 0. The molecular formula is C11H20N2O2. The number of hydrogen-bond donors (Lipinski definition) is 0. The smallest absolute Gasteiger partial charge is 0.306 e. The van der Waals surface area contributed by atoms with Gasteiger partial charge in [-0.1, -0.05) is 6.08 Å². The third kappa shape index (κ3) is 4.44. The lowest BCUT2D eigenvalue weighted by atomic mass is 10.3. The monoisotopic (exact) mass is 212 g/mol. The highest BCUT2D eigenvalue weighted by atomic mass is 16.5. The maximum Gasteiger partial charge on any atom is 0.306 e. The van der Waals surface area contributed by atoms with Crippen molar-refractivity contribution in [2.24, 2.45) is 0 Å². The quantitative estimate of drug-likeness (QED) is 0.486. The number of hydrogen-bond acceptors (Lipinski definition) is 4. The van der Waals surface area contributed by atoms with Crippen LogP contribution in [0, 0.1) is 0 Å². The molecular weight excluding hydrogens is 192 g/mol. The number of piperazine rings is 1. The lowest BCUT2D eigenvalue weighted by Gasteiger charge is -2.33. The minimum Gasteiger partial charge on any atom is -0.469 e. The molecule has 1 saturated heterocycles. The van der Waals surface area contributed by atoms with Crippen molar-refractivity contribution >= 4 is 5.97 Å². The largest absolute Gasteiger partial charge is 0.469 e. The molecule has 4 heteroatoms. The molecule has 86 valence electrons. The first-order chi connectivity index (χ1) is 7.26. The Bertz CT molecular complexity index is 211. The Labute approximate surface area is 91.5 Å². The van der Waals surface area contributed by atoms with Gasteiger partial charge >= 0.3 is 5.97 Å². The zero-order valence-corrected chi connectivity index (χ0v) is 9.45. The Morgan fingerprint density at radius 1 is 1.33 bits per heavy atom. The Balaban J connectivity index is 2.14. The van der Waals surface area contributed by atoms with E-state index in [1.54, 1.807) is 0 Å². The molecule has 0 aromatic heterocycles. The SMILES string of the molecule is C=CCN1CCN(CCC(=O)OC)CC1. The molecule has 1 fully saturated rings. The number of carbonyl (C=O) groups excluding carboxylic acids is 1. The van der Waals surface area contributed by atoms with E-state index < -0.39 is 0 Å². The number of ether oxygens (including phenoxy) is 1. The van der Waals surface area contributed by atoms with Crippen LogP contribution in [-0.4, -0.2) is 62.1 Å². The third-order valence-corrected chi connectivity index (χ3v) is 2.71. The molecule has 0 N–H and O–H groups in total. The first kappa shape index (κ1) is 12.2. The predicted octanol–water partition coefficient (Wildman–Crippen LogP) is 0.353. The molecule has 15 heavy (non-hydrogen) atoms. The number of carbonyl (C=O) groups is 1. The molecule has 1 rings (SSSR count). The van der Waals surface area contributed by atoms with Crippen LogP contribution in [0.15, 0.2) is 12.7 Å². The van der Waals surface area contributed by atoms with Gasteiger partial charge in [0.2, 0.25) is 0 Å². The van der Waals surface area contributed by atoms with Gasteiger partial charge in [0.15, 0.2) is 0 Å². The number of methoxy groups -OCH3 is 1. The van der Waals surface area contributed by atoms with Gasteiger partial charge < -0.3 is 9.64 Å². The molecule has 1 aliphatic rings. The molecule has 0 spiro atoms. The predicted molar refractivity (Wildman–Crippen MR) is 59.7 cm³/mol. The van der Waals surface area contributed by atoms with Crippen LogP contribution >= 0.6 is 0 Å². The fraction of sp³-hybridized carbons (Fsp3) is 0.727. The molecule has 1 heterocycles. The van der Waals surface area contributed by atoms with E-state index in [1.807, 2.05) is 6.08 Å². The highest BCUT2D eigenvalue weighted by Gasteiger charge is 2.16. The summed E-state index contributed by atoms with van der Waals surface area (Å²) in [4.78, 5) is 15.6. The fourth-order valence-corrected chi connectivity index (χ4v) is 1.73. The Hall–Kier alpha value is -0.870. The molecule has 0 atom stereocenters. The van der Waals surface area contributed by atoms with Gasteiger partial charge in [-0.2, -0.15) is 0 Å². The van der Waals surface area contributed by atoms with Crippen LogP contribution in [-0.2, 0) is 9.53 Å².